The molecule has 2 aromatic rings. The van der Waals surface area contributed by atoms with Gasteiger partial charge in [-0.05, 0) is 56.4 Å². The topological polar surface area (TPSA) is 111 Å². The lowest BCUT2D eigenvalue weighted by molar-refractivity contribution is 0.263. The zero-order chi connectivity index (χ0) is 20.7. The number of allylic oxidation sites excluding steroid dienone is 1. The average Bonchev–Trinajstić information content (AvgIpc) is 3.14. The van der Waals surface area contributed by atoms with Gasteiger partial charge in [0.05, 0.1) is 19.2 Å². The summed E-state index contributed by atoms with van der Waals surface area (Å²) in [6, 6.07) is 0.336. The van der Waals surface area contributed by atoms with E-state index in [1.807, 2.05) is 6.92 Å². The number of nitrogens with two attached hydrogens (primary N) is 1. The van der Waals surface area contributed by atoms with Gasteiger partial charge in [-0.2, -0.15) is 14.4 Å². The Morgan fingerprint density at radius 2 is 2.20 bits per heavy atom. The molecule has 0 radical (unpaired) electrons. The highest BCUT2D eigenvalue weighted by molar-refractivity contribution is 7.11. The number of nitrogens with one attached hydrogen (secondary N) is 1. The summed E-state index contributed by atoms with van der Waals surface area (Å²) in [6.45, 7) is 2.58. The highest BCUT2D eigenvalue weighted by atomic mass is 32.1. The SMILES string of the molecule is Cc1nnc(CNc2nc(N)nc(OC[C@H]3C[C@@H]3C3CC=C4CCCC4=N3)c2F)s1. The summed E-state index contributed by atoms with van der Waals surface area (Å²) < 4.78 is 20.5. The van der Waals surface area contributed by atoms with E-state index in [1.54, 1.807) is 0 Å². The third kappa shape index (κ3) is 4.00. The zero-order valence-electron chi connectivity index (χ0n) is 16.8. The Labute approximate surface area is 177 Å². The molecule has 3 atom stereocenters. The van der Waals surface area contributed by atoms with Gasteiger partial charge in [-0.3, -0.25) is 4.99 Å². The maximum atomic E-state index is 14.8. The minimum atomic E-state index is -0.640. The largest absolute Gasteiger partial charge is 0.475 e. The van der Waals surface area contributed by atoms with E-state index < -0.39 is 5.82 Å². The lowest BCUT2D eigenvalue weighted by Gasteiger charge is -2.17. The standard InChI is InChI=1S/C20H24FN7OS/c1-10-27-28-16(30-10)8-23-18-17(21)19(26-20(22)25-18)29-9-12-7-13(12)15-6-5-11-3-2-4-14(11)24-15/h5,12-13,15H,2-4,6-9H2,1H3,(H3,22,23,25,26)/t12-,13+,15?/m1/s1. The molecule has 0 bridgehead atoms. The fraction of sp³-hybridized carbons (Fsp3) is 0.550. The fourth-order valence-electron chi connectivity index (χ4n) is 4.25. The average molecular weight is 430 g/mol. The Hall–Kier alpha value is -2.62. The van der Waals surface area contributed by atoms with Crippen molar-refractivity contribution < 1.29 is 9.13 Å². The third-order valence-corrected chi connectivity index (χ3v) is 6.72. The van der Waals surface area contributed by atoms with E-state index in [2.05, 4.69) is 31.6 Å². The number of hydrogen-bond acceptors (Lipinski definition) is 9. The molecule has 0 amide bonds. The normalized spacial score (nSPS) is 24.8. The van der Waals surface area contributed by atoms with Crippen molar-refractivity contribution in [3.05, 3.63) is 27.5 Å². The molecule has 1 aliphatic heterocycles. The Morgan fingerprint density at radius 3 is 3.03 bits per heavy atom. The van der Waals surface area contributed by atoms with Gasteiger partial charge in [-0.15, -0.1) is 10.2 Å². The summed E-state index contributed by atoms with van der Waals surface area (Å²) in [7, 11) is 0. The molecular formula is C20H24FN7OS. The number of hydrogen-bond donors (Lipinski definition) is 2. The maximum Gasteiger partial charge on any atom is 0.257 e. The zero-order valence-corrected chi connectivity index (χ0v) is 17.6. The Bertz CT molecular complexity index is 1020. The Morgan fingerprint density at radius 1 is 1.30 bits per heavy atom. The van der Waals surface area contributed by atoms with Crippen molar-refractivity contribution in [2.45, 2.75) is 51.6 Å². The predicted octanol–water partition coefficient (Wildman–Crippen LogP) is 3.31. The second-order valence-electron chi connectivity index (χ2n) is 8.05. The van der Waals surface area contributed by atoms with Crippen LogP contribution in [0.3, 0.4) is 0 Å². The highest BCUT2D eigenvalue weighted by Gasteiger charge is 2.44. The minimum Gasteiger partial charge on any atom is -0.475 e. The van der Waals surface area contributed by atoms with Gasteiger partial charge in [-0.25, -0.2) is 0 Å². The van der Waals surface area contributed by atoms with Gasteiger partial charge in [0.15, 0.2) is 5.82 Å². The van der Waals surface area contributed by atoms with E-state index in [1.165, 1.54) is 35.5 Å². The van der Waals surface area contributed by atoms with Crippen LogP contribution < -0.4 is 15.8 Å². The van der Waals surface area contributed by atoms with Crippen LogP contribution in [0.5, 0.6) is 5.88 Å². The third-order valence-electron chi connectivity index (χ3n) is 5.88. The number of rotatable bonds is 7. The molecule has 3 heterocycles. The van der Waals surface area contributed by atoms with Crippen LogP contribution in [0.4, 0.5) is 16.2 Å². The summed E-state index contributed by atoms with van der Waals surface area (Å²) in [6.07, 6.45) is 7.92. The van der Waals surface area contributed by atoms with Crippen molar-refractivity contribution in [3.63, 3.8) is 0 Å². The number of nitrogen functional groups attached to an aromatic ring is 1. The smallest absolute Gasteiger partial charge is 0.257 e. The van der Waals surface area contributed by atoms with E-state index in [0.29, 0.717) is 31.0 Å². The summed E-state index contributed by atoms with van der Waals surface area (Å²) in [5.41, 5.74) is 8.50. The molecule has 1 unspecified atom stereocenters. The van der Waals surface area contributed by atoms with Crippen LogP contribution in [-0.4, -0.2) is 38.5 Å². The summed E-state index contributed by atoms with van der Waals surface area (Å²) >= 11 is 1.44. The van der Waals surface area contributed by atoms with Crippen molar-refractivity contribution >= 4 is 28.8 Å². The van der Waals surface area contributed by atoms with Crippen LogP contribution in [0, 0.1) is 24.6 Å². The molecule has 3 N–H and O–H groups in total. The summed E-state index contributed by atoms with van der Waals surface area (Å²) in [5, 5.41) is 12.4. The molecule has 0 saturated heterocycles. The molecule has 2 saturated carbocycles. The van der Waals surface area contributed by atoms with Crippen molar-refractivity contribution in [3.8, 4) is 5.88 Å². The second-order valence-corrected chi connectivity index (χ2v) is 9.32. The van der Waals surface area contributed by atoms with Gasteiger partial charge in [0.25, 0.3) is 5.88 Å². The van der Waals surface area contributed by atoms with Crippen molar-refractivity contribution in [1.29, 1.82) is 0 Å². The van der Waals surface area contributed by atoms with Crippen LogP contribution in [-0.2, 0) is 6.54 Å². The lowest BCUT2D eigenvalue weighted by atomic mass is 10.0. The van der Waals surface area contributed by atoms with Crippen LogP contribution in [0.25, 0.3) is 0 Å². The maximum absolute atomic E-state index is 14.8. The van der Waals surface area contributed by atoms with Gasteiger partial charge in [0, 0.05) is 5.71 Å². The first-order valence-electron chi connectivity index (χ1n) is 10.3. The quantitative estimate of drug-likeness (QED) is 0.694. The van der Waals surface area contributed by atoms with Gasteiger partial charge >= 0.3 is 0 Å². The van der Waals surface area contributed by atoms with Gasteiger partial charge in [-0.1, -0.05) is 17.4 Å². The number of dihydropyridines is 1. The predicted molar refractivity (Wildman–Crippen MR) is 113 cm³/mol. The highest BCUT2D eigenvalue weighted by Crippen LogP contribution is 2.46. The van der Waals surface area contributed by atoms with Gasteiger partial charge in [0.1, 0.15) is 10.0 Å². The molecule has 5 rings (SSSR count). The molecule has 30 heavy (non-hydrogen) atoms. The first-order chi connectivity index (χ1) is 14.6. The Balaban J connectivity index is 1.18. The lowest BCUT2D eigenvalue weighted by Crippen LogP contribution is -2.17. The number of nitrogens with zero attached hydrogens (tertiary/aromatic N) is 5. The number of ether oxygens (including phenoxy) is 1. The molecule has 10 heteroatoms. The molecule has 2 aromatic heterocycles. The van der Waals surface area contributed by atoms with Crippen molar-refractivity contribution in [1.82, 2.24) is 20.2 Å². The summed E-state index contributed by atoms with van der Waals surface area (Å²) in [4.78, 5) is 12.9. The molecular weight excluding hydrogens is 405 g/mol. The monoisotopic (exact) mass is 429 g/mol. The van der Waals surface area contributed by atoms with Gasteiger partial charge in [0.2, 0.25) is 11.8 Å². The number of aromatic nitrogens is 4. The van der Waals surface area contributed by atoms with E-state index >= 15 is 0 Å². The Kier molecular flexibility index (Phi) is 5.10. The van der Waals surface area contributed by atoms with Crippen LogP contribution >= 0.6 is 11.3 Å². The molecule has 2 aliphatic carbocycles. The van der Waals surface area contributed by atoms with E-state index in [9.17, 15) is 4.39 Å². The number of halogens is 1. The molecule has 0 aromatic carbocycles. The first kappa shape index (κ1) is 19.3. The van der Waals surface area contributed by atoms with E-state index in [0.717, 1.165) is 29.3 Å². The fourth-order valence-corrected chi connectivity index (χ4v) is 4.90. The molecule has 2 fully saturated rings. The van der Waals surface area contributed by atoms with Crippen LogP contribution in [0.1, 0.15) is 42.1 Å². The molecule has 3 aliphatic rings. The number of fused-ring (bicyclic) bond motifs is 1. The molecule has 8 nitrogen and oxygen atoms in total. The number of aryl methyl sites for hydroxylation is 1. The van der Waals surface area contributed by atoms with Crippen molar-refractivity contribution in [2.24, 2.45) is 16.8 Å². The number of anilines is 2. The first-order valence-corrected chi connectivity index (χ1v) is 11.1. The van der Waals surface area contributed by atoms with E-state index in [4.69, 9.17) is 15.5 Å². The molecule has 158 valence electrons. The summed E-state index contributed by atoms with van der Waals surface area (Å²) in [5.74, 6) is 0.0853. The second kappa shape index (κ2) is 7.90. The van der Waals surface area contributed by atoms with Crippen LogP contribution in [0.2, 0.25) is 0 Å². The van der Waals surface area contributed by atoms with Crippen LogP contribution in [0.15, 0.2) is 16.6 Å². The minimum absolute atomic E-state index is 0.00952. The molecule has 0 spiro atoms. The van der Waals surface area contributed by atoms with E-state index in [-0.39, 0.29) is 17.6 Å². The number of aliphatic imine (C=N–C) groups is 1. The van der Waals surface area contributed by atoms with Gasteiger partial charge < -0.3 is 15.8 Å². The van der Waals surface area contributed by atoms with Crippen molar-refractivity contribution in [2.75, 3.05) is 17.7 Å².